The number of nitrogens with zero attached hydrogens (tertiary/aromatic N) is 3. The zero-order valence-corrected chi connectivity index (χ0v) is 16.2. The molecule has 7 nitrogen and oxygen atoms in total. The number of hydrogen-bond acceptors (Lipinski definition) is 6. The zero-order valence-electron chi connectivity index (χ0n) is 15.4. The summed E-state index contributed by atoms with van der Waals surface area (Å²) in [5.41, 5.74) is 7.54. The van der Waals surface area contributed by atoms with E-state index < -0.39 is 10.0 Å². The smallest absolute Gasteiger partial charge is 0.243 e. The van der Waals surface area contributed by atoms with Crippen LogP contribution in [-0.2, 0) is 16.6 Å². The molecule has 146 valence electrons. The van der Waals surface area contributed by atoms with Crippen LogP contribution in [0.2, 0.25) is 0 Å². The lowest BCUT2D eigenvalue weighted by Gasteiger charge is -2.29. The minimum absolute atomic E-state index is 0.0618. The topological polar surface area (TPSA) is 102 Å². The number of piperidine rings is 1. The highest BCUT2D eigenvalue weighted by atomic mass is 32.2. The summed E-state index contributed by atoms with van der Waals surface area (Å²) >= 11 is 0. The third kappa shape index (κ3) is 3.71. The fourth-order valence-electron chi connectivity index (χ4n) is 3.39. The average Bonchev–Trinajstić information content (AvgIpc) is 3.25. The number of rotatable bonds is 5. The van der Waals surface area contributed by atoms with Crippen LogP contribution in [0.1, 0.15) is 30.2 Å². The molecule has 2 N–H and O–H groups in total. The van der Waals surface area contributed by atoms with Gasteiger partial charge in [0.05, 0.1) is 4.90 Å². The summed E-state index contributed by atoms with van der Waals surface area (Å²) in [4.78, 5) is 4.86. The van der Waals surface area contributed by atoms with Crippen LogP contribution in [0.3, 0.4) is 0 Å². The quantitative estimate of drug-likeness (QED) is 0.709. The first-order valence-electron chi connectivity index (χ1n) is 9.26. The molecule has 3 aromatic rings. The summed E-state index contributed by atoms with van der Waals surface area (Å²) in [5, 5.41) is 4.08. The van der Waals surface area contributed by atoms with Crippen molar-refractivity contribution in [3.05, 3.63) is 66.1 Å². The standard InChI is InChI=1S/C20H22N4O3S/c21-14-15-6-8-16(9-7-15)19-22-20(27-23-19)17-10-12-24(13-11-17)28(25,26)18-4-2-1-3-5-18/h1-9,17H,10-14,21H2. The molecule has 28 heavy (non-hydrogen) atoms. The van der Waals surface area contributed by atoms with Crippen LogP contribution in [-0.4, -0.2) is 36.0 Å². The van der Waals surface area contributed by atoms with Crippen molar-refractivity contribution in [1.29, 1.82) is 0 Å². The van der Waals surface area contributed by atoms with Crippen LogP contribution in [0.4, 0.5) is 0 Å². The zero-order chi connectivity index (χ0) is 19.6. The van der Waals surface area contributed by atoms with Crippen LogP contribution in [0.25, 0.3) is 11.4 Å². The van der Waals surface area contributed by atoms with Crippen LogP contribution in [0, 0.1) is 0 Å². The summed E-state index contributed by atoms with van der Waals surface area (Å²) in [5.74, 6) is 1.17. The molecule has 1 aliphatic heterocycles. The third-order valence-corrected chi connectivity index (χ3v) is 6.99. The van der Waals surface area contributed by atoms with Crippen molar-refractivity contribution >= 4 is 10.0 Å². The predicted molar refractivity (Wildman–Crippen MR) is 105 cm³/mol. The number of hydrogen-bond donors (Lipinski definition) is 1. The molecule has 0 unspecified atom stereocenters. The fraction of sp³-hybridized carbons (Fsp3) is 0.300. The van der Waals surface area contributed by atoms with E-state index in [2.05, 4.69) is 10.1 Å². The first-order valence-corrected chi connectivity index (χ1v) is 10.7. The Hall–Kier alpha value is -2.55. The highest BCUT2D eigenvalue weighted by Crippen LogP contribution is 2.31. The van der Waals surface area contributed by atoms with E-state index in [9.17, 15) is 8.42 Å². The minimum atomic E-state index is -3.46. The van der Waals surface area contributed by atoms with Gasteiger partial charge in [-0.1, -0.05) is 47.6 Å². The van der Waals surface area contributed by atoms with E-state index in [4.69, 9.17) is 10.3 Å². The lowest BCUT2D eigenvalue weighted by atomic mass is 9.98. The van der Waals surface area contributed by atoms with Gasteiger partial charge >= 0.3 is 0 Å². The van der Waals surface area contributed by atoms with E-state index in [1.54, 1.807) is 24.3 Å². The van der Waals surface area contributed by atoms with Gasteiger partial charge in [0.1, 0.15) is 0 Å². The summed E-state index contributed by atoms with van der Waals surface area (Å²) in [6.07, 6.45) is 1.31. The monoisotopic (exact) mass is 398 g/mol. The third-order valence-electron chi connectivity index (χ3n) is 5.07. The molecule has 1 aromatic heterocycles. The number of nitrogens with two attached hydrogens (primary N) is 1. The van der Waals surface area contributed by atoms with Gasteiger partial charge in [0.2, 0.25) is 21.7 Å². The Morgan fingerprint density at radius 1 is 1.04 bits per heavy atom. The molecule has 0 saturated carbocycles. The van der Waals surface area contributed by atoms with E-state index in [1.807, 2.05) is 30.3 Å². The van der Waals surface area contributed by atoms with E-state index in [0.717, 1.165) is 11.1 Å². The number of aromatic nitrogens is 2. The maximum absolute atomic E-state index is 12.7. The van der Waals surface area contributed by atoms with Gasteiger partial charge in [-0.25, -0.2) is 8.42 Å². The summed E-state index contributed by atoms with van der Waals surface area (Å²) in [6, 6.07) is 16.3. The van der Waals surface area contributed by atoms with Crippen LogP contribution in [0.5, 0.6) is 0 Å². The van der Waals surface area contributed by atoms with Gasteiger partial charge in [0.25, 0.3) is 0 Å². The van der Waals surface area contributed by atoms with Gasteiger partial charge in [-0.15, -0.1) is 0 Å². The Morgan fingerprint density at radius 3 is 2.36 bits per heavy atom. The minimum Gasteiger partial charge on any atom is -0.339 e. The highest BCUT2D eigenvalue weighted by Gasteiger charge is 2.32. The molecular weight excluding hydrogens is 376 g/mol. The molecule has 1 saturated heterocycles. The molecule has 2 heterocycles. The molecule has 4 rings (SSSR count). The summed E-state index contributed by atoms with van der Waals surface area (Å²) < 4.78 is 32.5. The van der Waals surface area contributed by atoms with Gasteiger partial charge in [-0.3, -0.25) is 0 Å². The Labute approximate surface area is 164 Å². The molecule has 1 aliphatic rings. The van der Waals surface area contributed by atoms with E-state index in [0.29, 0.717) is 49.1 Å². The Balaban J connectivity index is 1.44. The molecule has 0 atom stereocenters. The SMILES string of the molecule is NCc1ccc(-c2noc(C3CCN(S(=O)(=O)c4ccccc4)CC3)n2)cc1. The van der Waals surface area contributed by atoms with Crippen LogP contribution < -0.4 is 5.73 Å². The van der Waals surface area contributed by atoms with Crippen molar-refractivity contribution in [1.82, 2.24) is 14.4 Å². The van der Waals surface area contributed by atoms with Gasteiger partial charge in [-0.05, 0) is 30.5 Å². The maximum Gasteiger partial charge on any atom is 0.243 e. The molecule has 0 radical (unpaired) electrons. The lowest BCUT2D eigenvalue weighted by Crippen LogP contribution is -2.37. The number of benzene rings is 2. The Kier molecular flexibility index (Phi) is 5.25. The Bertz CT molecular complexity index is 1020. The lowest BCUT2D eigenvalue weighted by molar-refractivity contribution is 0.271. The van der Waals surface area contributed by atoms with Gasteiger partial charge in [0.15, 0.2) is 0 Å². The van der Waals surface area contributed by atoms with Crippen molar-refractivity contribution in [2.75, 3.05) is 13.1 Å². The second-order valence-electron chi connectivity index (χ2n) is 6.85. The molecule has 0 bridgehead atoms. The summed E-state index contributed by atoms with van der Waals surface area (Å²) in [6.45, 7) is 1.36. The average molecular weight is 398 g/mol. The van der Waals surface area contributed by atoms with Gasteiger partial charge in [0, 0.05) is 31.1 Å². The molecule has 0 amide bonds. The number of sulfonamides is 1. The maximum atomic E-state index is 12.7. The van der Waals surface area contributed by atoms with Gasteiger partial charge < -0.3 is 10.3 Å². The Morgan fingerprint density at radius 2 is 1.71 bits per heavy atom. The molecule has 1 fully saturated rings. The van der Waals surface area contributed by atoms with E-state index >= 15 is 0 Å². The van der Waals surface area contributed by atoms with Gasteiger partial charge in [-0.2, -0.15) is 9.29 Å². The molecular formula is C20H22N4O3S. The van der Waals surface area contributed by atoms with Crippen molar-refractivity contribution in [3.8, 4) is 11.4 Å². The van der Waals surface area contributed by atoms with E-state index in [-0.39, 0.29) is 5.92 Å². The van der Waals surface area contributed by atoms with Crippen LogP contribution in [0.15, 0.2) is 64.0 Å². The second kappa shape index (κ2) is 7.83. The predicted octanol–water partition coefficient (Wildman–Crippen LogP) is 2.76. The highest BCUT2D eigenvalue weighted by molar-refractivity contribution is 7.89. The van der Waals surface area contributed by atoms with Crippen LogP contribution >= 0.6 is 0 Å². The summed E-state index contributed by atoms with van der Waals surface area (Å²) in [7, 11) is -3.46. The first kappa shape index (κ1) is 18.8. The fourth-order valence-corrected chi connectivity index (χ4v) is 4.88. The van der Waals surface area contributed by atoms with Crippen molar-refractivity contribution in [2.45, 2.75) is 30.2 Å². The first-order chi connectivity index (χ1) is 13.6. The molecule has 8 heteroatoms. The van der Waals surface area contributed by atoms with E-state index in [1.165, 1.54) is 4.31 Å². The molecule has 2 aromatic carbocycles. The second-order valence-corrected chi connectivity index (χ2v) is 8.79. The van der Waals surface area contributed by atoms with Crippen molar-refractivity contribution in [2.24, 2.45) is 5.73 Å². The molecule has 0 aliphatic carbocycles. The van der Waals surface area contributed by atoms with Crippen molar-refractivity contribution in [3.63, 3.8) is 0 Å². The van der Waals surface area contributed by atoms with Crippen molar-refractivity contribution < 1.29 is 12.9 Å². The normalized spacial score (nSPS) is 16.3. The molecule has 0 spiro atoms. The largest absolute Gasteiger partial charge is 0.339 e.